The molecule has 0 spiro atoms. The molecule has 5 aliphatic rings. The van der Waals surface area contributed by atoms with Gasteiger partial charge in [0.1, 0.15) is 57.8 Å². The third-order valence-electron chi connectivity index (χ3n) is 20.7. The molecule has 0 radical (unpaired) electrons. The Balaban J connectivity index is 0.000000139. The van der Waals surface area contributed by atoms with Crippen LogP contribution >= 0.6 is 0 Å². The van der Waals surface area contributed by atoms with Crippen LogP contribution in [0, 0.1) is 32.4 Å². The summed E-state index contributed by atoms with van der Waals surface area (Å²) in [5, 5.41) is 36.5. The molecule has 3 aliphatic heterocycles. The van der Waals surface area contributed by atoms with E-state index < -0.39 is 11.6 Å². The number of hydrogen-bond acceptors (Lipinski definition) is 19. The minimum Gasteiger partial charge on any atom is -0.506 e. The number of nitrogens with zero attached hydrogens (tertiary/aromatic N) is 5. The van der Waals surface area contributed by atoms with E-state index in [4.69, 9.17) is 37.7 Å². The first-order valence-electron chi connectivity index (χ1n) is 38.0. The SMILES string of the molecule is CN1CCC(O)CC1.Cc1cc(O)c2oc3cc(F)ccc3c(=O)c2c1.Cc1cc(OC2CCN(C)CC2)c2oc3cc(F)ccc3c(=O)c2c1.Cc1cc(OC2CCN(C)CC2)c2oc3cc(Oc4ccc(CCC(=O)NC5CCCC5)nc4)ccc3c(=O)c2c1.O=C(CCc1ccc(O)cn1)NC1CCCC1. The van der Waals surface area contributed by atoms with Gasteiger partial charge in [0, 0.05) is 93.8 Å². The number of likely N-dealkylation sites (tertiary alicyclic amines) is 3. The number of aryl methyl sites for hydroxylation is 5. The van der Waals surface area contributed by atoms with E-state index in [0.717, 1.165) is 138 Å². The first kappa shape index (κ1) is 78.3. The summed E-state index contributed by atoms with van der Waals surface area (Å²) in [6.45, 7) is 11.7. The molecule has 5 aromatic heterocycles. The lowest BCUT2D eigenvalue weighted by Crippen LogP contribution is -2.35. The number of carbonyl (C=O) groups is 2. The number of aliphatic hydroxyl groups excluding tert-OH is 1. The minimum atomic E-state index is -0.489. The van der Waals surface area contributed by atoms with Crippen LogP contribution in [0.1, 0.15) is 131 Å². The van der Waals surface area contributed by atoms with Gasteiger partial charge in [-0.25, -0.2) is 8.78 Å². The molecule has 8 heterocycles. The normalized spacial score (nSPS) is 16.4. The number of benzene rings is 6. The number of phenolic OH excluding ortho intramolecular Hbond substituents is 1. The van der Waals surface area contributed by atoms with Crippen molar-refractivity contribution >= 4 is 77.6 Å². The number of amides is 2. The Labute approximate surface area is 630 Å². The van der Waals surface area contributed by atoms with Crippen LogP contribution in [0.15, 0.2) is 155 Å². The van der Waals surface area contributed by atoms with E-state index in [2.05, 4.69) is 56.4 Å². The van der Waals surface area contributed by atoms with Gasteiger partial charge in [-0.05, 0) is 233 Å². The van der Waals surface area contributed by atoms with E-state index in [0.29, 0.717) is 110 Å². The maximum Gasteiger partial charge on any atom is 0.220 e. The number of aromatic nitrogens is 2. The first-order valence-corrected chi connectivity index (χ1v) is 38.0. The molecule has 11 aromatic rings. The van der Waals surface area contributed by atoms with Crippen molar-refractivity contribution in [1.29, 1.82) is 0 Å². The van der Waals surface area contributed by atoms with Crippen molar-refractivity contribution in [1.82, 2.24) is 35.3 Å². The second-order valence-corrected chi connectivity index (χ2v) is 29.6. The van der Waals surface area contributed by atoms with Crippen LogP contribution in [0.5, 0.6) is 34.5 Å². The Kier molecular flexibility index (Phi) is 26.0. The highest BCUT2D eigenvalue weighted by atomic mass is 19.1. The topological polar surface area (TPSA) is 273 Å². The number of aromatic hydroxyl groups is 2. The lowest BCUT2D eigenvalue weighted by molar-refractivity contribution is -0.122. The molecule has 0 bridgehead atoms. The van der Waals surface area contributed by atoms with Gasteiger partial charge < -0.3 is 68.1 Å². The Bertz CT molecular complexity index is 5180. The predicted molar refractivity (Wildman–Crippen MR) is 418 cm³/mol. The maximum atomic E-state index is 13.5. The third kappa shape index (κ3) is 20.9. The summed E-state index contributed by atoms with van der Waals surface area (Å²) in [4.78, 5) is 77.7. The molecule has 2 saturated carbocycles. The quantitative estimate of drug-likeness (QED) is 0.0633. The lowest BCUT2D eigenvalue weighted by atomic mass is 10.1. The van der Waals surface area contributed by atoms with Gasteiger partial charge in [0.25, 0.3) is 0 Å². The van der Waals surface area contributed by atoms with Crippen LogP contribution in [0.3, 0.4) is 0 Å². The molecule has 16 rings (SSSR count). The first-order chi connectivity index (χ1) is 52.5. The number of rotatable bonds is 14. The van der Waals surface area contributed by atoms with Gasteiger partial charge in [-0.2, -0.15) is 0 Å². The second kappa shape index (κ2) is 36.3. The average Bonchev–Trinajstić information content (AvgIpc) is 0.830. The third-order valence-corrected chi connectivity index (χ3v) is 20.7. The van der Waals surface area contributed by atoms with Crippen LogP contribution in [0.25, 0.3) is 65.8 Å². The Morgan fingerprint density at radius 2 is 0.862 bits per heavy atom. The minimum absolute atomic E-state index is 0.0220. The number of aliphatic hydroxyl groups is 1. The smallest absolute Gasteiger partial charge is 0.220 e. The molecule has 21 nitrogen and oxygen atoms in total. The van der Waals surface area contributed by atoms with E-state index in [1.807, 2.05) is 44.2 Å². The number of fused-ring (bicyclic) bond motifs is 6. The summed E-state index contributed by atoms with van der Waals surface area (Å²) in [5.74, 6) is 1.58. The van der Waals surface area contributed by atoms with Gasteiger partial charge in [-0.15, -0.1) is 0 Å². The van der Waals surface area contributed by atoms with Crippen molar-refractivity contribution in [3.05, 3.63) is 198 Å². The van der Waals surface area contributed by atoms with Gasteiger partial charge in [0.15, 0.2) is 34.0 Å². The van der Waals surface area contributed by atoms with Gasteiger partial charge in [-0.3, -0.25) is 33.9 Å². The number of ether oxygens (including phenoxy) is 3. The van der Waals surface area contributed by atoms with Crippen LogP contribution in [-0.2, 0) is 22.4 Å². The number of carbonyl (C=O) groups excluding carboxylic acids is 2. The summed E-state index contributed by atoms with van der Waals surface area (Å²) < 4.78 is 62.9. The molecular formula is C86H97F2N7O14. The number of pyridine rings is 2. The molecule has 6 aromatic carbocycles. The zero-order chi connectivity index (χ0) is 76.8. The Morgan fingerprint density at radius 3 is 1.29 bits per heavy atom. The van der Waals surface area contributed by atoms with Gasteiger partial charge in [0.2, 0.25) is 28.1 Å². The fraction of sp³-hybridized carbons (Fsp3) is 0.407. The monoisotopic (exact) mass is 1490 g/mol. The maximum absolute atomic E-state index is 13.5. The molecule has 2 aliphatic carbocycles. The highest BCUT2D eigenvalue weighted by Crippen LogP contribution is 2.36. The second-order valence-electron chi connectivity index (χ2n) is 29.6. The highest BCUT2D eigenvalue weighted by Gasteiger charge is 2.25. The van der Waals surface area contributed by atoms with E-state index in [9.17, 15) is 37.9 Å². The number of hydrogen-bond donors (Lipinski definition) is 5. The molecule has 23 heteroatoms. The molecular weight excluding hydrogens is 1390 g/mol. The van der Waals surface area contributed by atoms with Gasteiger partial charge in [-0.1, -0.05) is 25.7 Å². The standard InChI is InChI=1S/C33H37N3O5.C20H20FNO3.C14H9FO3.C13H18N2O2.C6H13NO/c1-21-17-28-32(38)27-11-10-25(19-29(27)41-33(28)30(18-21)40-24-13-15-36(2)16-14-24)39-26-9-7-22(34-20-26)8-12-31(37)35-23-5-3-4-6-23;1-12-9-16-19(23)15-4-3-13(21)11-17(15)25-20(16)18(10-12)24-14-5-7-22(2)8-6-14;1-7-4-10-13(17)9-3-2-8(15)6-12(9)18-14(10)11(16)5-7;16-12-7-5-10(14-9-12)6-8-13(17)15-11-3-1-2-4-11;1-7-4-2-6(8)3-5-7/h7,9-11,17-20,23-24H,3-6,8,12-16H2,1-2H3,(H,35,37);3-4,9-11,14H,5-8H2,1-2H3;2-6,16H,1H3;5,7,9,11,16H,1-4,6,8H2,(H,15,17);6,8H,2-5H2,1H3. The average molecular weight is 1490 g/mol. The van der Waals surface area contributed by atoms with Crippen molar-refractivity contribution in [3.63, 3.8) is 0 Å². The van der Waals surface area contributed by atoms with E-state index in [1.165, 1.54) is 68.3 Å². The number of halogens is 2. The van der Waals surface area contributed by atoms with Crippen molar-refractivity contribution in [3.8, 4) is 34.5 Å². The molecule has 574 valence electrons. The molecule has 5 fully saturated rings. The number of piperidine rings is 3. The molecule has 5 N–H and O–H groups in total. The molecule has 0 unspecified atom stereocenters. The van der Waals surface area contributed by atoms with Crippen molar-refractivity contribution in [2.45, 2.75) is 167 Å². The summed E-state index contributed by atoms with van der Waals surface area (Å²) >= 11 is 0. The predicted octanol–water partition coefficient (Wildman–Crippen LogP) is 14.7. The Morgan fingerprint density at radius 1 is 0.468 bits per heavy atom. The van der Waals surface area contributed by atoms with Crippen LogP contribution in [0.2, 0.25) is 0 Å². The Hall–Kier alpha value is -10.3. The van der Waals surface area contributed by atoms with E-state index >= 15 is 0 Å². The van der Waals surface area contributed by atoms with Gasteiger partial charge >= 0.3 is 0 Å². The zero-order valence-corrected chi connectivity index (χ0v) is 62.8. The van der Waals surface area contributed by atoms with Crippen LogP contribution in [0.4, 0.5) is 8.78 Å². The van der Waals surface area contributed by atoms with Crippen LogP contribution in [-0.4, -0.2) is 143 Å². The van der Waals surface area contributed by atoms with E-state index in [1.54, 1.807) is 55.6 Å². The van der Waals surface area contributed by atoms with Crippen molar-refractivity contribution in [2.75, 3.05) is 60.4 Å². The molecule has 109 heavy (non-hydrogen) atoms. The molecule has 0 atom stereocenters. The highest BCUT2D eigenvalue weighted by molar-refractivity contribution is 5.95. The van der Waals surface area contributed by atoms with Crippen molar-refractivity contribution < 1.29 is 61.2 Å². The fourth-order valence-corrected chi connectivity index (χ4v) is 14.5. The fourth-order valence-electron chi connectivity index (χ4n) is 14.5. The summed E-state index contributed by atoms with van der Waals surface area (Å²) in [5.41, 5.74) is 5.56. The number of phenols is 1. The van der Waals surface area contributed by atoms with Gasteiger partial charge in [0.05, 0.1) is 50.8 Å². The molecule has 2 amide bonds. The van der Waals surface area contributed by atoms with E-state index in [-0.39, 0.29) is 74.7 Å². The summed E-state index contributed by atoms with van der Waals surface area (Å²) in [6.07, 6.45) is 20.2. The summed E-state index contributed by atoms with van der Waals surface area (Å²) in [6, 6.07) is 31.3. The largest absolute Gasteiger partial charge is 0.506 e. The summed E-state index contributed by atoms with van der Waals surface area (Å²) in [7, 11) is 6.30. The molecule has 3 saturated heterocycles. The zero-order valence-electron chi connectivity index (χ0n) is 62.8. The number of nitrogens with one attached hydrogen (secondary N) is 2. The lowest BCUT2D eigenvalue weighted by Gasteiger charge is -2.29. The van der Waals surface area contributed by atoms with Crippen LogP contribution < -0.4 is 41.1 Å². The van der Waals surface area contributed by atoms with Crippen molar-refractivity contribution in [2.24, 2.45) is 0 Å².